The van der Waals surface area contributed by atoms with Crippen LogP contribution in [0.25, 0.3) is 0 Å². The topological polar surface area (TPSA) is 59.2 Å². The molecule has 1 atom stereocenters. The molecular formula is C16H16ClN3O. The average molecular weight is 302 g/mol. The maximum Gasteiger partial charge on any atom is 0.273 e. The van der Waals surface area contributed by atoms with Gasteiger partial charge in [-0.3, -0.25) is 4.79 Å². The molecule has 108 valence electrons. The molecule has 1 aliphatic heterocycles. The average Bonchev–Trinajstić information content (AvgIpc) is 2.53. The maximum absolute atomic E-state index is 12.7. The lowest BCUT2D eigenvalue weighted by Crippen LogP contribution is -2.43. The van der Waals surface area contributed by atoms with Gasteiger partial charge in [-0.2, -0.15) is 0 Å². The molecule has 0 aliphatic carbocycles. The SMILES string of the molecule is NCC1c2ccccc2CCN1C(=O)c1ccc(Cl)cn1. The highest BCUT2D eigenvalue weighted by atomic mass is 35.5. The summed E-state index contributed by atoms with van der Waals surface area (Å²) in [6.45, 7) is 1.05. The Morgan fingerprint density at radius 2 is 2.14 bits per heavy atom. The van der Waals surface area contributed by atoms with Crippen LogP contribution >= 0.6 is 11.6 Å². The second-order valence-corrected chi connectivity index (χ2v) is 5.50. The van der Waals surface area contributed by atoms with Crippen molar-refractivity contribution in [2.45, 2.75) is 12.5 Å². The molecule has 0 bridgehead atoms. The Balaban J connectivity index is 1.92. The molecule has 0 fully saturated rings. The van der Waals surface area contributed by atoms with Gasteiger partial charge in [-0.25, -0.2) is 4.98 Å². The number of benzene rings is 1. The number of carbonyl (C=O) groups is 1. The number of pyridine rings is 1. The summed E-state index contributed by atoms with van der Waals surface area (Å²) in [7, 11) is 0. The molecule has 5 heteroatoms. The molecule has 1 aliphatic rings. The summed E-state index contributed by atoms with van der Waals surface area (Å²) in [5.41, 5.74) is 8.71. The number of nitrogens with two attached hydrogens (primary N) is 1. The van der Waals surface area contributed by atoms with E-state index in [0.717, 1.165) is 12.0 Å². The fourth-order valence-electron chi connectivity index (χ4n) is 2.80. The van der Waals surface area contributed by atoms with Crippen molar-refractivity contribution in [1.82, 2.24) is 9.88 Å². The predicted molar refractivity (Wildman–Crippen MR) is 82.2 cm³/mol. The summed E-state index contributed by atoms with van der Waals surface area (Å²) in [5.74, 6) is -0.100. The third-order valence-electron chi connectivity index (χ3n) is 3.84. The van der Waals surface area contributed by atoms with Crippen LogP contribution in [-0.4, -0.2) is 28.9 Å². The molecule has 0 radical (unpaired) electrons. The van der Waals surface area contributed by atoms with Crippen LogP contribution in [0.5, 0.6) is 0 Å². The number of nitrogens with zero attached hydrogens (tertiary/aromatic N) is 2. The molecule has 2 N–H and O–H groups in total. The highest BCUT2D eigenvalue weighted by molar-refractivity contribution is 6.30. The normalized spacial score (nSPS) is 17.4. The monoisotopic (exact) mass is 301 g/mol. The van der Waals surface area contributed by atoms with E-state index >= 15 is 0 Å². The summed E-state index contributed by atoms with van der Waals surface area (Å²) in [4.78, 5) is 18.6. The smallest absolute Gasteiger partial charge is 0.273 e. The fourth-order valence-corrected chi connectivity index (χ4v) is 2.91. The van der Waals surface area contributed by atoms with Gasteiger partial charge < -0.3 is 10.6 Å². The van der Waals surface area contributed by atoms with E-state index in [4.69, 9.17) is 17.3 Å². The Morgan fingerprint density at radius 1 is 1.33 bits per heavy atom. The van der Waals surface area contributed by atoms with Crippen LogP contribution in [0.1, 0.15) is 27.7 Å². The molecule has 1 amide bonds. The molecule has 1 aromatic heterocycles. The molecule has 0 spiro atoms. The minimum atomic E-state index is -0.100. The van der Waals surface area contributed by atoms with Crippen LogP contribution in [0, 0.1) is 0 Å². The van der Waals surface area contributed by atoms with Crippen LogP contribution in [-0.2, 0) is 6.42 Å². The van der Waals surface area contributed by atoms with E-state index in [1.807, 2.05) is 18.2 Å². The summed E-state index contributed by atoms with van der Waals surface area (Å²) in [5, 5.41) is 0.519. The Kier molecular flexibility index (Phi) is 3.90. The van der Waals surface area contributed by atoms with Crippen molar-refractivity contribution < 1.29 is 4.79 Å². The minimum Gasteiger partial charge on any atom is -0.329 e. The Labute approximate surface area is 128 Å². The first-order valence-electron chi connectivity index (χ1n) is 6.91. The zero-order chi connectivity index (χ0) is 14.8. The summed E-state index contributed by atoms with van der Waals surface area (Å²) in [6, 6.07) is 11.4. The number of rotatable bonds is 2. The fraction of sp³-hybridized carbons (Fsp3) is 0.250. The van der Waals surface area contributed by atoms with Gasteiger partial charge in [0.1, 0.15) is 5.69 Å². The highest BCUT2D eigenvalue weighted by Crippen LogP contribution is 2.29. The number of amides is 1. The molecule has 1 unspecified atom stereocenters. The first-order valence-corrected chi connectivity index (χ1v) is 7.29. The molecule has 0 saturated carbocycles. The molecule has 21 heavy (non-hydrogen) atoms. The summed E-state index contributed by atoms with van der Waals surface area (Å²) in [6.07, 6.45) is 2.33. The van der Waals surface area contributed by atoms with Crippen LogP contribution in [0.15, 0.2) is 42.6 Å². The van der Waals surface area contributed by atoms with Crippen molar-refractivity contribution in [3.8, 4) is 0 Å². The number of halogens is 1. The Morgan fingerprint density at radius 3 is 2.86 bits per heavy atom. The Hall–Kier alpha value is -1.91. The van der Waals surface area contributed by atoms with Crippen molar-refractivity contribution in [2.75, 3.05) is 13.1 Å². The van der Waals surface area contributed by atoms with Gasteiger partial charge in [-0.05, 0) is 29.7 Å². The van der Waals surface area contributed by atoms with Gasteiger partial charge in [-0.1, -0.05) is 35.9 Å². The van der Waals surface area contributed by atoms with E-state index in [0.29, 0.717) is 23.8 Å². The maximum atomic E-state index is 12.7. The van der Waals surface area contributed by atoms with Crippen LogP contribution in [0.2, 0.25) is 5.02 Å². The van der Waals surface area contributed by atoms with E-state index in [2.05, 4.69) is 11.1 Å². The standard InChI is InChI=1S/C16H16ClN3O/c17-12-5-6-14(19-10-12)16(21)20-8-7-11-3-1-2-4-13(11)15(20)9-18/h1-6,10,15H,7-9,18H2. The molecule has 3 rings (SSSR count). The molecule has 4 nitrogen and oxygen atoms in total. The lowest BCUT2D eigenvalue weighted by atomic mass is 9.92. The van der Waals surface area contributed by atoms with Gasteiger partial charge in [0.25, 0.3) is 5.91 Å². The van der Waals surface area contributed by atoms with Gasteiger partial charge in [-0.15, -0.1) is 0 Å². The highest BCUT2D eigenvalue weighted by Gasteiger charge is 2.30. The van der Waals surface area contributed by atoms with Crippen molar-refractivity contribution in [1.29, 1.82) is 0 Å². The molecule has 2 aromatic rings. The first-order chi connectivity index (χ1) is 10.2. The van der Waals surface area contributed by atoms with Crippen LogP contribution in [0.3, 0.4) is 0 Å². The molecule has 2 heterocycles. The lowest BCUT2D eigenvalue weighted by molar-refractivity contribution is 0.0661. The lowest BCUT2D eigenvalue weighted by Gasteiger charge is -2.36. The molecular weight excluding hydrogens is 286 g/mol. The van der Waals surface area contributed by atoms with Gasteiger partial charge in [0.15, 0.2) is 0 Å². The summed E-state index contributed by atoms with van der Waals surface area (Å²) < 4.78 is 0. The molecule has 1 aromatic carbocycles. The van der Waals surface area contributed by atoms with Gasteiger partial charge >= 0.3 is 0 Å². The van der Waals surface area contributed by atoms with Gasteiger partial charge in [0.2, 0.25) is 0 Å². The number of aromatic nitrogens is 1. The van der Waals surface area contributed by atoms with E-state index in [9.17, 15) is 4.79 Å². The van der Waals surface area contributed by atoms with Crippen LogP contribution < -0.4 is 5.73 Å². The van der Waals surface area contributed by atoms with Gasteiger partial charge in [0, 0.05) is 19.3 Å². The van der Waals surface area contributed by atoms with Crippen molar-refractivity contribution in [3.63, 3.8) is 0 Å². The van der Waals surface area contributed by atoms with Crippen molar-refractivity contribution in [3.05, 3.63) is 64.4 Å². The third kappa shape index (κ3) is 2.64. The Bertz CT molecular complexity index is 657. The van der Waals surface area contributed by atoms with E-state index in [1.54, 1.807) is 17.0 Å². The first kappa shape index (κ1) is 14.0. The molecule has 0 saturated heterocycles. The van der Waals surface area contributed by atoms with E-state index in [1.165, 1.54) is 11.8 Å². The second kappa shape index (κ2) is 5.84. The number of fused-ring (bicyclic) bond motifs is 1. The quantitative estimate of drug-likeness (QED) is 0.927. The van der Waals surface area contributed by atoms with Crippen LogP contribution in [0.4, 0.5) is 0 Å². The number of hydrogen-bond acceptors (Lipinski definition) is 3. The van der Waals surface area contributed by atoms with Crippen molar-refractivity contribution >= 4 is 17.5 Å². The zero-order valence-corrected chi connectivity index (χ0v) is 12.3. The second-order valence-electron chi connectivity index (χ2n) is 5.06. The largest absolute Gasteiger partial charge is 0.329 e. The predicted octanol–water partition coefficient (Wildman–Crippen LogP) is 2.43. The van der Waals surface area contributed by atoms with E-state index in [-0.39, 0.29) is 11.9 Å². The van der Waals surface area contributed by atoms with E-state index < -0.39 is 0 Å². The minimum absolute atomic E-state index is 0.0973. The number of hydrogen-bond donors (Lipinski definition) is 1. The number of carbonyl (C=O) groups excluding carboxylic acids is 1. The third-order valence-corrected chi connectivity index (χ3v) is 4.07. The zero-order valence-electron chi connectivity index (χ0n) is 11.5. The van der Waals surface area contributed by atoms with Gasteiger partial charge in [0.05, 0.1) is 11.1 Å². The summed E-state index contributed by atoms with van der Waals surface area (Å²) >= 11 is 5.82. The van der Waals surface area contributed by atoms with Crippen molar-refractivity contribution in [2.24, 2.45) is 5.73 Å².